The fourth-order valence-corrected chi connectivity index (χ4v) is 6.90. The minimum atomic E-state index is -3.61. The van der Waals surface area contributed by atoms with Gasteiger partial charge in [-0.2, -0.15) is 5.26 Å². The maximum absolute atomic E-state index is 13.4. The molecule has 2 aromatic rings. The number of nitrogens with zero attached hydrogens (tertiary/aromatic N) is 6. The second-order valence-electron chi connectivity index (χ2n) is 8.28. The number of benzene rings is 1. The summed E-state index contributed by atoms with van der Waals surface area (Å²) in [4.78, 5) is 14.9. The van der Waals surface area contributed by atoms with Gasteiger partial charge in [-0.15, -0.1) is 0 Å². The molecule has 8 nitrogen and oxygen atoms in total. The van der Waals surface area contributed by atoms with Gasteiger partial charge in [-0.05, 0) is 31.0 Å². The Bertz CT molecular complexity index is 1230. The molecule has 3 aliphatic heterocycles. The Morgan fingerprint density at radius 2 is 1.94 bits per heavy atom. The number of aromatic nitrogens is 2. The lowest BCUT2D eigenvalue weighted by molar-refractivity contribution is 0.348. The number of anilines is 2. The molecule has 1 aromatic carbocycles. The van der Waals surface area contributed by atoms with E-state index in [1.807, 2.05) is 17.0 Å². The molecule has 0 aliphatic carbocycles. The zero-order valence-electron chi connectivity index (χ0n) is 17.5. The van der Waals surface area contributed by atoms with Crippen molar-refractivity contribution in [2.45, 2.75) is 23.0 Å². The summed E-state index contributed by atoms with van der Waals surface area (Å²) in [6.45, 7) is 4.59. The molecule has 2 fully saturated rings. The highest BCUT2D eigenvalue weighted by Crippen LogP contribution is 2.34. The van der Waals surface area contributed by atoms with Crippen molar-refractivity contribution in [2.75, 3.05) is 49.1 Å². The summed E-state index contributed by atoms with van der Waals surface area (Å²) in [5, 5.41) is 8.70. The summed E-state index contributed by atoms with van der Waals surface area (Å²) in [5.41, 5.74) is 2.48. The highest BCUT2D eigenvalue weighted by molar-refractivity contribution is 7.92. The summed E-state index contributed by atoms with van der Waals surface area (Å²) in [7, 11) is -3.61. The largest absolute Gasteiger partial charge is 0.372 e. The van der Waals surface area contributed by atoms with Crippen LogP contribution in [0.25, 0.3) is 0 Å². The Kier molecular flexibility index (Phi) is 5.43. The molecule has 1 aromatic heterocycles. The van der Waals surface area contributed by atoms with Gasteiger partial charge in [0.05, 0.1) is 34.1 Å². The van der Waals surface area contributed by atoms with Crippen LogP contribution in [0.1, 0.15) is 18.5 Å². The molecule has 5 rings (SSSR count). The average molecular weight is 471 g/mol. The van der Waals surface area contributed by atoms with E-state index in [9.17, 15) is 8.42 Å². The molecule has 0 N–H and O–H groups in total. The van der Waals surface area contributed by atoms with E-state index in [1.165, 1.54) is 11.9 Å². The van der Waals surface area contributed by atoms with Gasteiger partial charge in [0, 0.05) is 44.1 Å². The first-order chi connectivity index (χ1) is 15.5. The van der Waals surface area contributed by atoms with Crippen LogP contribution in [-0.4, -0.2) is 67.8 Å². The summed E-state index contributed by atoms with van der Waals surface area (Å²) in [6.07, 6.45) is 6.77. The van der Waals surface area contributed by atoms with E-state index in [-0.39, 0.29) is 15.6 Å². The van der Waals surface area contributed by atoms with Crippen molar-refractivity contribution < 1.29 is 8.42 Å². The predicted octanol–water partition coefficient (Wildman–Crippen LogP) is 2.46. The third kappa shape index (κ3) is 3.78. The number of rotatable bonds is 4. The number of hydrogen-bond acceptors (Lipinski definition) is 8. The molecule has 1 unspecified atom stereocenters. The van der Waals surface area contributed by atoms with Crippen molar-refractivity contribution in [3.05, 3.63) is 53.1 Å². The molecule has 4 heterocycles. The SMILES string of the molecule is N#Cc1cncc(N2CCC(S(=O)(=O)c3ccc(N4CCN5CCC=C5C4)cc3Cl)C2)n1. The fourth-order valence-electron chi connectivity index (χ4n) is 4.66. The van der Waals surface area contributed by atoms with Crippen LogP contribution in [0.5, 0.6) is 0 Å². The molecule has 10 heteroatoms. The maximum atomic E-state index is 13.4. The monoisotopic (exact) mass is 470 g/mol. The van der Waals surface area contributed by atoms with Crippen LogP contribution in [0.15, 0.2) is 47.3 Å². The van der Waals surface area contributed by atoms with Gasteiger partial charge >= 0.3 is 0 Å². The second kappa shape index (κ2) is 8.26. The van der Waals surface area contributed by atoms with E-state index < -0.39 is 15.1 Å². The summed E-state index contributed by atoms with van der Waals surface area (Å²) >= 11 is 6.51. The molecule has 2 saturated heterocycles. The number of fused-ring (bicyclic) bond motifs is 1. The van der Waals surface area contributed by atoms with Crippen LogP contribution in [0, 0.1) is 11.3 Å². The van der Waals surface area contributed by atoms with Crippen LogP contribution in [0.3, 0.4) is 0 Å². The van der Waals surface area contributed by atoms with E-state index in [4.69, 9.17) is 16.9 Å². The van der Waals surface area contributed by atoms with Gasteiger partial charge in [0.15, 0.2) is 15.5 Å². The van der Waals surface area contributed by atoms with Crippen molar-refractivity contribution >= 4 is 32.9 Å². The molecule has 166 valence electrons. The average Bonchev–Trinajstić information content (AvgIpc) is 3.48. The number of piperazine rings is 1. The molecule has 32 heavy (non-hydrogen) atoms. The molecule has 0 amide bonds. The predicted molar refractivity (Wildman–Crippen MR) is 122 cm³/mol. The molecule has 0 bridgehead atoms. The van der Waals surface area contributed by atoms with Crippen LogP contribution >= 0.6 is 11.6 Å². The van der Waals surface area contributed by atoms with Gasteiger partial charge in [0.1, 0.15) is 11.9 Å². The third-order valence-corrected chi connectivity index (χ3v) is 9.07. The second-order valence-corrected chi connectivity index (χ2v) is 10.9. The standard InChI is InChI=1S/C22H23ClN6O2S/c23-20-10-17(28-9-8-27-6-1-2-18(27)14-28)3-4-21(20)32(30,31)19-5-7-29(15-19)22-13-25-12-16(11-24)26-22/h2-4,10,12-13,19H,1,5-9,14-15H2. The summed E-state index contributed by atoms with van der Waals surface area (Å²) < 4.78 is 26.7. The number of nitriles is 1. The van der Waals surface area contributed by atoms with E-state index in [0.717, 1.165) is 38.3 Å². The fraction of sp³-hybridized carbons (Fsp3) is 0.409. The third-order valence-electron chi connectivity index (χ3n) is 6.41. The van der Waals surface area contributed by atoms with Gasteiger partial charge in [-0.25, -0.2) is 13.4 Å². The lowest BCUT2D eigenvalue weighted by Gasteiger charge is -2.37. The number of sulfone groups is 1. The smallest absolute Gasteiger partial charge is 0.184 e. The Balaban J connectivity index is 1.33. The van der Waals surface area contributed by atoms with Crippen LogP contribution in [0.4, 0.5) is 11.5 Å². The van der Waals surface area contributed by atoms with E-state index >= 15 is 0 Å². The maximum Gasteiger partial charge on any atom is 0.184 e. The molecule has 0 spiro atoms. The van der Waals surface area contributed by atoms with Gasteiger partial charge in [-0.1, -0.05) is 17.7 Å². The Morgan fingerprint density at radius 3 is 2.75 bits per heavy atom. The summed E-state index contributed by atoms with van der Waals surface area (Å²) in [5.74, 6) is 0.517. The first-order valence-corrected chi connectivity index (χ1v) is 12.6. The number of halogens is 1. The molecule has 0 saturated carbocycles. The minimum absolute atomic E-state index is 0.172. The van der Waals surface area contributed by atoms with Crippen LogP contribution < -0.4 is 9.80 Å². The summed E-state index contributed by atoms with van der Waals surface area (Å²) in [6, 6.07) is 7.24. The first-order valence-electron chi connectivity index (χ1n) is 10.6. The zero-order valence-corrected chi connectivity index (χ0v) is 19.1. The van der Waals surface area contributed by atoms with Crippen molar-refractivity contribution in [1.29, 1.82) is 5.26 Å². The highest BCUT2D eigenvalue weighted by Gasteiger charge is 2.36. The quantitative estimate of drug-likeness (QED) is 0.672. The van der Waals surface area contributed by atoms with Crippen LogP contribution in [0.2, 0.25) is 5.02 Å². The van der Waals surface area contributed by atoms with Gasteiger partial charge < -0.3 is 14.7 Å². The molecule has 3 aliphatic rings. The Hall–Kier alpha value is -2.83. The minimum Gasteiger partial charge on any atom is -0.372 e. The van der Waals surface area contributed by atoms with Crippen molar-refractivity contribution in [1.82, 2.24) is 14.9 Å². The lowest BCUT2D eigenvalue weighted by Crippen LogP contribution is -2.43. The molecule has 1 atom stereocenters. The van der Waals surface area contributed by atoms with Gasteiger partial charge in [0.25, 0.3) is 0 Å². The molecular formula is C22H23ClN6O2S. The topological polar surface area (TPSA) is 93.4 Å². The number of hydrogen-bond donors (Lipinski definition) is 0. The zero-order chi connectivity index (χ0) is 22.3. The highest BCUT2D eigenvalue weighted by atomic mass is 35.5. The van der Waals surface area contributed by atoms with E-state index in [0.29, 0.717) is 25.3 Å². The van der Waals surface area contributed by atoms with E-state index in [2.05, 4.69) is 25.8 Å². The first kappa shape index (κ1) is 21.0. The van der Waals surface area contributed by atoms with Gasteiger partial charge in [0.2, 0.25) is 0 Å². The Labute approximate surface area is 192 Å². The van der Waals surface area contributed by atoms with Crippen molar-refractivity contribution in [3.63, 3.8) is 0 Å². The van der Waals surface area contributed by atoms with Crippen molar-refractivity contribution in [2.24, 2.45) is 0 Å². The lowest BCUT2D eigenvalue weighted by atomic mass is 10.2. The van der Waals surface area contributed by atoms with Gasteiger partial charge in [-0.3, -0.25) is 4.98 Å². The van der Waals surface area contributed by atoms with E-state index in [1.54, 1.807) is 18.3 Å². The van der Waals surface area contributed by atoms with Crippen LogP contribution in [-0.2, 0) is 9.84 Å². The Morgan fingerprint density at radius 1 is 1.09 bits per heavy atom. The molecular weight excluding hydrogens is 448 g/mol. The van der Waals surface area contributed by atoms with Crippen molar-refractivity contribution in [3.8, 4) is 6.07 Å². The normalized spacial score (nSPS) is 20.8. The molecule has 0 radical (unpaired) electrons.